The number of hydrogen-bond donors (Lipinski definition) is 1. The number of carbonyl (C=O) groups is 1. The molecule has 1 N–H and O–H groups in total. The molecule has 1 aliphatic heterocycles. The van der Waals surface area contributed by atoms with Crippen LogP contribution in [0.15, 0.2) is 23.1 Å². The maximum atomic E-state index is 12.9. The third-order valence-corrected chi connectivity index (χ3v) is 5.61. The fraction of sp³-hybridized carbons (Fsp3) is 0.533. The van der Waals surface area contributed by atoms with Crippen LogP contribution < -0.4 is 10.1 Å². The van der Waals surface area contributed by atoms with E-state index in [9.17, 15) is 13.2 Å². The maximum Gasteiger partial charge on any atom is 0.246 e. The van der Waals surface area contributed by atoms with Crippen LogP contribution in [0.1, 0.15) is 26.7 Å². The molecule has 2 rings (SSSR count). The van der Waals surface area contributed by atoms with E-state index in [0.717, 1.165) is 12.8 Å². The highest BCUT2D eigenvalue weighted by Gasteiger charge is 2.31. The Labute approximate surface area is 131 Å². The molecule has 0 unspecified atom stereocenters. The van der Waals surface area contributed by atoms with Gasteiger partial charge in [0.05, 0.1) is 7.11 Å². The molecule has 1 aromatic carbocycles. The first-order valence-corrected chi connectivity index (χ1v) is 8.74. The minimum absolute atomic E-state index is 0.0929. The second-order valence-corrected chi connectivity index (χ2v) is 7.56. The molecule has 0 saturated carbocycles. The van der Waals surface area contributed by atoms with E-state index >= 15 is 0 Å². The lowest BCUT2D eigenvalue weighted by Crippen LogP contribution is -2.39. The Morgan fingerprint density at radius 2 is 2.14 bits per heavy atom. The predicted octanol–water partition coefficient (Wildman–Crippen LogP) is 2.07. The van der Waals surface area contributed by atoms with Crippen LogP contribution in [-0.2, 0) is 14.8 Å². The van der Waals surface area contributed by atoms with Crippen molar-refractivity contribution in [3.8, 4) is 5.75 Å². The van der Waals surface area contributed by atoms with Gasteiger partial charge in [-0.05, 0) is 37.0 Å². The smallest absolute Gasteiger partial charge is 0.246 e. The van der Waals surface area contributed by atoms with Crippen LogP contribution in [0.25, 0.3) is 0 Å². The van der Waals surface area contributed by atoms with Crippen molar-refractivity contribution < 1.29 is 17.9 Å². The van der Waals surface area contributed by atoms with Crippen LogP contribution in [0.3, 0.4) is 0 Å². The van der Waals surface area contributed by atoms with Gasteiger partial charge in [-0.1, -0.05) is 6.92 Å². The lowest BCUT2D eigenvalue weighted by molar-refractivity contribution is -0.114. The van der Waals surface area contributed by atoms with Crippen LogP contribution >= 0.6 is 0 Å². The minimum atomic E-state index is -3.64. The van der Waals surface area contributed by atoms with Crippen molar-refractivity contribution >= 4 is 21.6 Å². The molecule has 1 saturated heterocycles. The van der Waals surface area contributed by atoms with E-state index in [2.05, 4.69) is 5.32 Å². The van der Waals surface area contributed by atoms with E-state index < -0.39 is 10.0 Å². The van der Waals surface area contributed by atoms with Crippen molar-refractivity contribution in [2.24, 2.45) is 5.92 Å². The van der Waals surface area contributed by atoms with Crippen molar-refractivity contribution in [2.45, 2.75) is 31.6 Å². The number of nitrogens with one attached hydrogen (secondary N) is 1. The largest absolute Gasteiger partial charge is 0.495 e. The summed E-state index contributed by atoms with van der Waals surface area (Å²) < 4.78 is 32.5. The molecule has 0 spiro atoms. The third-order valence-electron chi connectivity index (χ3n) is 3.72. The Balaban J connectivity index is 2.41. The van der Waals surface area contributed by atoms with Crippen molar-refractivity contribution in [1.82, 2.24) is 4.31 Å². The van der Waals surface area contributed by atoms with Crippen LogP contribution in [0.5, 0.6) is 5.75 Å². The van der Waals surface area contributed by atoms with Gasteiger partial charge in [0, 0.05) is 25.7 Å². The highest BCUT2D eigenvalue weighted by atomic mass is 32.2. The Hall–Kier alpha value is -1.60. The fourth-order valence-corrected chi connectivity index (χ4v) is 4.44. The number of rotatable bonds is 4. The topological polar surface area (TPSA) is 75.7 Å². The molecule has 22 heavy (non-hydrogen) atoms. The number of benzene rings is 1. The Bertz CT molecular complexity index is 658. The van der Waals surface area contributed by atoms with E-state index in [1.165, 1.54) is 24.4 Å². The second kappa shape index (κ2) is 6.66. The number of carbonyl (C=O) groups excluding carboxylic acids is 1. The molecule has 1 fully saturated rings. The van der Waals surface area contributed by atoms with Gasteiger partial charge in [0.25, 0.3) is 0 Å². The number of methoxy groups -OCH3 is 1. The monoisotopic (exact) mass is 326 g/mol. The van der Waals surface area contributed by atoms with E-state index in [0.29, 0.717) is 24.7 Å². The standard InChI is InChI=1S/C15H22N2O4S/c1-11-5-4-8-17(10-11)22(19,20)15-9-13(16-12(2)18)6-7-14(15)21-3/h6-7,9,11H,4-5,8,10H2,1-3H3,(H,16,18)/t11-/m0/s1. The van der Waals surface area contributed by atoms with Gasteiger partial charge in [0.1, 0.15) is 10.6 Å². The number of anilines is 1. The molecule has 0 radical (unpaired) electrons. The second-order valence-electron chi connectivity index (χ2n) is 5.66. The fourth-order valence-electron chi connectivity index (χ4n) is 2.66. The number of sulfonamides is 1. The summed E-state index contributed by atoms with van der Waals surface area (Å²) in [5.41, 5.74) is 0.442. The number of ether oxygens (including phenoxy) is 1. The maximum absolute atomic E-state index is 12.9. The Morgan fingerprint density at radius 1 is 1.41 bits per heavy atom. The van der Waals surface area contributed by atoms with Crippen molar-refractivity contribution in [3.05, 3.63) is 18.2 Å². The quantitative estimate of drug-likeness (QED) is 0.919. The van der Waals surface area contributed by atoms with Crippen LogP contribution in [-0.4, -0.2) is 38.8 Å². The molecule has 7 heteroatoms. The summed E-state index contributed by atoms with van der Waals surface area (Å²) in [5, 5.41) is 2.60. The molecule has 6 nitrogen and oxygen atoms in total. The summed E-state index contributed by atoms with van der Waals surface area (Å²) in [5.74, 6) is 0.375. The lowest BCUT2D eigenvalue weighted by Gasteiger charge is -2.30. The molecule has 1 atom stereocenters. The zero-order valence-corrected chi connectivity index (χ0v) is 13.9. The molecule has 0 bridgehead atoms. The van der Waals surface area contributed by atoms with Gasteiger partial charge >= 0.3 is 0 Å². The van der Waals surface area contributed by atoms with Gasteiger partial charge < -0.3 is 10.1 Å². The van der Waals surface area contributed by atoms with Crippen LogP contribution in [0.2, 0.25) is 0 Å². The zero-order valence-electron chi connectivity index (χ0n) is 13.1. The average Bonchev–Trinajstić information content (AvgIpc) is 2.46. The molecular weight excluding hydrogens is 304 g/mol. The molecule has 1 amide bonds. The molecule has 0 aromatic heterocycles. The summed E-state index contributed by atoms with van der Waals surface area (Å²) in [4.78, 5) is 11.3. The van der Waals surface area contributed by atoms with E-state index in [1.807, 2.05) is 6.92 Å². The van der Waals surface area contributed by atoms with Crippen LogP contribution in [0.4, 0.5) is 5.69 Å². The van der Waals surface area contributed by atoms with E-state index in [4.69, 9.17) is 4.74 Å². The van der Waals surface area contributed by atoms with Gasteiger partial charge in [0.2, 0.25) is 15.9 Å². The summed E-state index contributed by atoms with van der Waals surface area (Å²) in [6.07, 6.45) is 1.89. The first kappa shape index (κ1) is 16.8. The number of amides is 1. The van der Waals surface area contributed by atoms with Gasteiger partial charge in [0.15, 0.2) is 0 Å². The highest BCUT2D eigenvalue weighted by molar-refractivity contribution is 7.89. The molecule has 1 heterocycles. The van der Waals surface area contributed by atoms with Crippen molar-refractivity contribution in [3.63, 3.8) is 0 Å². The Kier molecular flexibility index (Phi) is 5.08. The number of nitrogens with zero attached hydrogens (tertiary/aromatic N) is 1. The van der Waals surface area contributed by atoms with Gasteiger partial charge in [-0.3, -0.25) is 4.79 Å². The summed E-state index contributed by atoms with van der Waals surface area (Å²) >= 11 is 0. The third kappa shape index (κ3) is 3.59. The molecule has 122 valence electrons. The first-order chi connectivity index (χ1) is 10.3. The summed E-state index contributed by atoms with van der Waals surface area (Å²) in [6, 6.07) is 4.64. The van der Waals surface area contributed by atoms with E-state index in [-0.39, 0.29) is 16.6 Å². The molecule has 1 aliphatic rings. The SMILES string of the molecule is COc1ccc(NC(C)=O)cc1S(=O)(=O)N1CCC[C@H](C)C1. The molecular formula is C15H22N2O4S. The van der Waals surface area contributed by atoms with E-state index in [1.54, 1.807) is 12.1 Å². The zero-order chi connectivity index (χ0) is 16.3. The Morgan fingerprint density at radius 3 is 2.73 bits per heavy atom. The molecule has 0 aliphatic carbocycles. The number of hydrogen-bond acceptors (Lipinski definition) is 4. The summed E-state index contributed by atoms with van der Waals surface area (Å²) in [7, 11) is -2.20. The average molecular weight is 326 g/mol. The first-order valence-electron chi connectivity index (χ1n) is 7.30. The van der Waals surface area contributed by atoms with Gasteiger partial charge in [-0.2, -0.15) is 4.31 Å². The predicted molar refractivity (Wildman–Crippen MR) is 84.5 cm³/mol. The van der Waals surface area contributed by atoms with Crippen molar-refractivity contribution in [2.75, 3.05) is 25.5 Å². The molecule has 1 aromatic rings. The highest BCUT2D eigenvalue weighted by Crippen LogP contribution is 2.31. The van der Waals surface area contributed by atoms with Crippen molar-refractivity contribution in [1.29, 1.82) is 0 Å². The normalized spacial score (nSPS) is 19.7. The number of piperidine rings is 1. The minimum Gasteiger partial charge on any atom is -0.495 e. The summed E-state index contributed by atoms with van der Waals surface area (Å²) in [6.45, 7) is 4.45. The lowest BCUT2D eigenvalue weighted by atomic mass is 10.0. The van der Waals surface area contributed by atoms with Crippen LogP contribution in [0, 0.1) is 5.92 Å². The van der Waals surface area contributed by atoms with Gasteiger partial charge in [-0.15, -0.1) is 0 Å². The van der Waals surface area contributed by atoms with Gasteiger partial charge in [-0.25, -0.2) is 8.42 Å².